The highest BCUT2D eigenvalue weighted by Crippen LogP contribution is 2.23. The van der Waals surface area contributed by atoms with Gasteiger partial charge in [-0.25, -0.2) is 0 Å². The summed E-state index contributed by atoms with van der Waals surface area (Å²) in [5.74, 6) is 0.566. The number of nitrogens with two attached hydrogens (primary N) is 1. The Bertz CT molecular complexity index is 585. The molecule has 0 aliphatic heterocycles. The summed E-state index contributed by atoms with van der Waals surface area (Å²) in [7, 11) is 0. The van der Waals surface area contributed by atoms with E-state index in [1.165, 1.54) is 0 Å². The minimum atomic E-state index is -0.181. The van der Waals surface area contributed by atoms with Crippen LogP contribution in [-0.4, -0.2) is 17.5 Å². The number of carbonyl (C=O) groups is 1. The van der Waals surface area contributed by atoms with Crippen molar-refractivity contribution in [2.24, 2.45) is 5.73 Å². The van der Waals surface area contributed by atoms with Gasteiger partial charge in [-0.05, 0) is 37.3 Å². The first-order valence-electron chi connectivity index (χ1n) is 6.41. The molecule has 0 fully saturated rings. The number of rotatable bonds is 5. The molecule has 1 amide bonds. The third-order valence-corrected chi connectivity index (χ3v) is 2.78. The highest BCUT2D eigenvalue weighted by molar-refractivity contribution is 6.04. The lowest BCUT2D eigenvalue weighted by atomic mass is 10.1. The Balaban J connectivity index is 2.16. The Kier molecular flexibility index (Phi) is 4.68. The van der Waals surface area contributed by atoms with Crippen LogP contribution in [0.1, 0.15) is 22.8 Å². The van der Waals surface area contributed by atoms with Gasteiger partial charge in [0.05, 0.1) is 6.61 Å². The van der Waals surface area contributed by atoms with Crippen LogP contribution in [0.25, 0.3) is 0 Å². The average Bonchev–Trinajstić information content (AvgIpc) is 2.50. The fourth-order valence-electron chi connectivity index (χ4n) is 1.82. The minimum Gasteiger partial charge on any atom is -0.494 e. The van der Waals surface area contributed by atoms with E-state index in [0.717, 1.165) is 11.3 Å². The molecule has 0 spiro atoms. The number of carbonyl (C=O) groups excluding carboxylic acids is 1. The number of nitrogens with one attached hydrogen (secondary N) is 1. The highest BCUT2D eigenvalue weighted by atomic mass is 16.5. The first kappa shape index (κ1) is 14.0. The van der Waals surface area contributed by atoms with Crippen LogP contribution in [0.15, 0.2) is 42.7 Å². The van der Waals surface area contributed by atoms with Crippen molar-refractivity contribution >= 4 is 11.6 Å². The van der Waals surface area contributed by atoms with Gasteiger partial charge in [-0.3, -0.25) is 9.78 Å². The molecule has 2 rings (SSSR count). The molecule has 104 valence electrons. The van der Waals surface area contributed by atoms with E-state index in [1.807, 2.05) is 19.1 Å². The smallest absolute Gasteiger partial charge is 0.255 e. The summed E-state index contributed by atoms with van der Waals surface area (Å²) in [5.41, 5.74) is 7.80. The highest BCUT2D eigenvalue weighted by Gasteiger charge is 2.08. The molecule has 1 aromatic carbocycles. The molecule has 0 saturated carbocycles. The van der Waals surface area contributed by atoms with Crippen LogP contribution >= 0.6 is 0 Å². The second kappa shape index (κ2) is 6.68. The van der Waals surface area contributed by atoms with Crippen molar-refractivity contribution in [2.75, 3.05) is 11.9 Å². The molecular formula is C15H17N3O2. The maximum Gasteiger partial charge on any atom is 0.255 e. The van der Waals surface area contributed by atoms with Crippen molar-refractivity contribution in [1.29, 1.82) is 0 Å². The van der Waals surface area contributed by atoms with Crippen molar-refractivity contribution < 1.29 is 9.53 Å². The number of pyridine rings is 1. The number of benzene rings is 1. The van der Waals surface area contributed by atoms with Crippen molar-refractivity contribution in [3.05, 3.63) is 53.9 Å². The van der Waals surface area contributed by atoms with Gasteiger partial charge in [-0.1, -0.05) is 0 Å². The van der Waals surface area contributed by atoms with Gasteiger partial charge in [0.2, 0.25) is 0 Å². The lowest BCUT2D eigenvalue weighted by molar-refractivity contribution is 0.102. The van der Waals surface area contributed by atoms with Crippen LogP contribution in [0.4, 0.5) is 5.69 Å². The van der Waals surface area contributed by atoms with Crippen LogP contribution < -0.4 is 15.8 Å². The van der Waals surface area contributed by atoms with Gasteiger partial charge in [0.25, 0.3) is 5.91 Å². The molecule has 0 bridgehead atoms. The summed E-state index contributed by atoms with van der Waals surface area (Å²) >= 11 is 0. The summed E-state index contributed by atoms with van der Waals surface area (Å²) in [6, 6.07) is 8.75. The molecule has 0 aliphatic carbocycles. The first-order valence-corrected chi connectivity index (χ1v) is 6.41. The Morgan fingerprint density at radius 1 is 1.30 bits per heavy atom. The number of nitrogens with zero attached hydrogens (tertiary/aromatic N) is 1. The Morgan fingerprint density at radius 2 is 2.05 bits per heavy atom. The molecule has 20 heavy (non-hydrogen) atoms. The third-order valence-electron chi connectivity index (χ3n) is 2.78. The minimum absolute atomic E-state index is 0.181. The Hall–Kier alpha value is -2.40. The van der Waals surface area contributed by atoms with Gasteiger partial charge in [-0.2, -0.15) is 0 Å². The molecule has 1 heterocycles. The van der Waals surface area contributed by atoms with Gasteiger partial charge in [-0.15, -0.1) is 0 Å². The standard InChI is InChI=1S/C15H17N3O2/c1-2-20-14-4-3-13(9-12(14)10-16)18-15(19)11-5-7-17-8-6-11/h3-9H,2,10,16H2,1H3,(H,18,19). The fraction of sp³-hybridized carbons (Fsp3) is 0.200. The normalized spacial score (nSPS) is 10.1. The Labute approximate surface area is 117 Å². The zero-order valence-corrected chi connectivity index (χ0v) is 11.3. The monoisotopic (exact) mass is 271 g/mol. The van der Waals surface area contributed by atoms with Crippen molar-refractivity contribution in [3.63, 3.8) is 0 Å². The zero-order chi connectivity index (χ0) is 14.4. The third kappa shape index (κ3) is 3.33. The van der Waals surface area contributed by atoms with E-state index in [2.05, 4.69) is 10.3 Å². The molecule has 2 aromatic rings. The van der Waals surface area contributed by atoms with E-state index >= 15 is 0 Å². The van der Waals surface area contributed by atoms with Crippen LogP contribution in [0, 0.1) is 0 Å². The fourth-order valence-corrected chi connectivity index (χ4v) is 1.82. The lowest BCUT2D eigenvalue weighted by Crippen LogP contribution is -2.12. The predicted molar refractivity (Wildman–Crippen MR) is 77.7 cm³/mol. The molecule has 0 saturated heterocycles. The quantitative estimate of drug-likeness (QED) is 0.874. The van der Waals surface area contributed by atoms with Crippen molar-refractivity contribution in [2.45, 2.75) is 13.5 Å². The van der Waals surface area contributed by atoms with Gasteiger partial charge in [0.1, 0.15) is 5.75 Å². The van der Waals surface area contributed by atoms with E-state index < -0.39 is 0 Å². The predicted octanol–water partition coefficient (Wildman–Crippen LogP) is 2.19. The van der Waals surface area contributed by atoms with E-state index in [1.54, 1.807) is 30.6 Å². The number of amides is 1. The second-order valence-corrected chi connectivity index (χ2v) is 4.15. The van der Waals surface area contributed by atoms with Crippen molar-refractivity contribution in [3.8, 4) is 5.75 Å². The number of anilines is 1. The number of hydrogen-bond donors (Lipinski definition) is 2. The maximum absolute atomic E-state index is 12.0. The van der Waals surface area contributed by atoms with Crippen LogP contribution in [0.5, 0.6) is 5.75 Å². The SMILES string of the molecule is CCOc1ccc(NC(=O)c2ccncc2)cc1CN. The van der Waals surface area contributed by atoms with Gasteiger partial charge in [0.15, 0.2) is 0 Å². The van der Waals surface area contributed by atoms with Crippen LogP contribution in [0.3, 0.4) is 0 Å². The topological polar surface area (TPSA) is 77.2 Å². The zero-order valence-electron chi connectivity index (χ0n) is 11.3. The number of ether oxygens (including phenoxy) is 1. The first-order chi connectivity index (χ1) is 9.74. The molecule has 1 aromatic heterocycles. The van der Waals surface area contributed by atoms with Gasteiger partial charge < -0.3 is 15.8 Å². The van der Waals surface area contributed by atoms with E-state index in [-0.39, 0.29) is 5.91 Å². The van der Waals surface area contributed by atoms with Crippen LogP contribution in [0.2, 0.25) is 0 Å². The molecule has 5 nitrogen and oxygen atoms in total. The second-order valence-electron chi connectivity index (χ2n) is 4.15. The summed E-state index contributed by atoms with van der Waals surface area (Å²) in [5, 5.41) is 2.82. The summed E-state index contributed by atoms with van der Waals surface area (Å²) in [6.45, 7) is 2.85. The molecular weight excluding hydrogens is 254 g/mol. The van der Waals surface area contributed by atoms with Crippen molar-refractivity contribution in [1.82, 2.24) is 4.98 Å². The summed E-state index contributed by atoms with van der Waals surface area (Å²) < 4.78 is 5.47. The summed E-state index contributed by atoms with van der Waals surface area (Å²) in [4.78, 5) is 15.9. The van der Waals surface area contributed by atoms with E-state index in [0.29, 0.717) is 24.4 Å². The Morgan fingerprint density at radius 3 is 2.70 bits per heavy atom. The number of aromatic nitrogens is 1. The summed E-state index contributed by atoms with van der Waals surface area (Å²) in [6.07, 6.45) is 3.16. The molecule has 0 radical (unpaired) electrons. The van der Waals surface area contributed by atoms with E-state index in [9.17, 15) is 4.79 Å². The molecule has 5 heteroatoms. The van der Waals surface area contributed by atoms with Crippen LogP contribution in [-0.2, 0) is 6.54 Å². The average molecular weight is 271 g/mol. The maximum atomic E-state index is 12.0. The molecule has 0 unspecified atom stereocenters. The van der Waals surface area contributed by atoms with Gasteiger partial charge >= 0.3 is 0 Å². The number of hydrogen-bond acceptors (Lipinski definition) is 4. The largest absolute Gasteiger partial charge is 0.494 e. The molecule has 0 aliphatic rings. The molecule has 0 atom stereocenters. The van der Waals surface area contributed by atoms with E-state index in [4.69, 9.17) is 10.5 Å². The lowest BCUT2D eigenvalue weighted by Gasteiger charge is -2.11. The van der Waals surface area contributed by atoms with Gasteiger partial charge in [0, 0.05) is 35.8 Å². The molecule has 3 N–H and O–H groups in total.